The molecule has 0 heterocycles. The highest BCUT2D eigenvalue weighted by molar-refractivity contribution is 5.71. The van der Waals surface area contributed by atoms with Crippen LogP contribution in [0.4, 0.5) is 0 Å². The van der Waals surface area contributed by atoms with Crippen LogP contribution in [-0.4, -0.2) is 37.2 Å². The van der Waals surface area contributed by atoms with E-state index in [0.717, 1.165) is 83.5 Å². The Kier molecular flexibility index (Phi) is 51.8. The molecule has 0 saturated carbocycles. The highest BCUT2D eigenvalue weighted by Crippen LogP contribution is 2.16. The van der Waals surface area contributed by atoms with Crippen molar-refractivity contribution in [1.29, 1.82) is 0 Å². The largest absolute Gasteiger partial charge is 0.462 e. The molecule has 0 amide bonds. The third-order valence-corrected chi connectivity index (χ3v) is 12.3. The molecule has 0 spiro atoms. The molecule has 0 radical (unpaired) electrons. The molecule has 0 aliphatic heterocycles. The number of esters is 3. The molecule has 378 valence electrons. The third kappa shape index (κ3) is 52.2. The van der Waals surface area contributed by atoms with Crippen molar-refractivity contribution in [1.82, 2.24) is 0 Å². The number of unbranched alkanes of at least 4 members (excludes halogenated alkanes) is 33. The minimum atomic E-state index is -0.785. The van der Waals surface area contributed by atoms with Crippen molar-refractivity contribution in [3.8, 4) is 0 Å². The third-order valence-electron chi connectivity index (χ3n) is 12.3. The lowest BCUT2D eigenvalue weighted by Gasteiger charge is -2.18. The Hall–Kier alpha value is -2.63. The zero-order valence-corrected chi connectivity index (χ0v) is 43.3. The second kappa shape index (κ2) is 54.0. The molecule has 0 aromatic carbocycles. The molecule has 1 atom stereocenters. The Morgan fingerprint density at radius 1 is 0.323 bits per heavy atom. The van der Waals surface area contributed by atoms with E-state index >= 15 is 0 Å². The van der Waals surface area contributed by atoms with Crippen LogP contribution < -0.4 is 0 Å². The van der Waals surface area contributed by atoms with Crippen LogP contribution in [0.5, 0.6) is 0 Å². The lowest BCUT2D eigenvalue weighted by molar-refractivity contribution is -0.167. The fraction of sp³-hybridized carbons (Fsp3) is 0.814. The fourth-order valence-electron chi connectivity index (χ4n) is 8.04. The summed E-state index contributed by atoms with van der Waals surface area (Å²) in [4.78, 5) is 38.0. The summed E-state index contributed by atoms with van der Waals surface area (Å²) in [6.45, 7) is 6.56. The predicted octanol–water partition coefficient (Wildman–Crippen LogP) is 18.7. The summed E-state index contributed by atoms with van der Waals surface area (Å²) in [5.41, 5.74) is 0. The normalized spacial score (nSPS) is 12.4. The first-order valence-electron chi connectivity index (χ1n) is 28.2. The highest BCUT2D eigenvalue weighted by Gasteiger charge is 2.19. The number of carbonyl (C=O) groups excluding carboxylic acids is 3. The molecule has 1 unspecified atom stereocenters. The molecule has 0 fully saturated rings. The number of ether oxygens (including phenoxy) is 3. The van der Waals surface area contributed by atoms with Gasteiger partial charge in [0.1, 0.15) is 13.2 Å². The molecule has 0 aliphatic carbocycles. The predicted molar refractivity (Wildman–Crippen MR) is 279 cm³/mol. The fourth-order valence-corrected chi connectivity index (χ4v) is 8.04. The topological polar surface area (TPSA) is 78.9 Å². The number of hydrogen-bond donors (Lipinski definition) is 0. The van der Waals surface area contributed by atoms with Gasteiger partial charge in [-0.2, -0.15) is 0 Å². The van der Waals surface area contributed by atoms with E-state index in [1.807, 2.05) is 0 Å². The minimum Gasteiger partial charge on any atom is -0.462 e. The van der Waals surface area contributed by atoms with E-state index in [0.29, 0.717) is 19.3 Å². The van der Waals surface area contributed by atoms with E-state index in [1.165, 1.54) is 167 Å². The van der Waals surface area contributed by atoms with Gasteiger partial charge in [-0.3, -0.25) is 14.4 Å². The van der Waals surface area contributed by atoms with Crippen LogP contribution in [0.2, 0.25) is 0 Å². The molecule has 6 heteroatoms. The van der Waals surface area contributed by atoms with Crippen LogP contribution in [0, 0.1) is 0 Å². The lowest BCUT2D eigenvalue weighted by Crippen LogP contribution is -2.30. The first kappa shape index (κ1) is 62.4. The van der Waals surface area contributed by atoms with Crippen LogP contribution in [0.15, 0.2) is 48.6 Å². The Morgan fingerprint density at radius 2 is 0.615 bits per heavy atom. The van der Waals surface area contributed by atoms with E-state index < -0.39 is 6.10 Å². The van der Waals surface area contributed by atoms with Crippen LogP contribution in [0.3, 0.4) is 0 Å². The molecule has 0 bridgehead atoms. The van der Waals surface area contributed by atoms with Crippen LogP contribution in [-0.2, 0) is 28.6 Å². The first-order valence-corrected chi connectivity index (χ1v) is 28.2. The summed E-state index contributed by atoms with van der Waals surface area (Å²) >= 11 is 0. The quantitative estimate of drug-likeness (QED) is 0.0199. The summed E-state index contributed by atoms with van der Waals surface area (Å²) in [5.74, 6) is -0.907. The van der Waals surface area contributed by atoms with E-state index in [1.54, 1.807) is 0 Å². The van der Waals surface area contributed by atoms with E-state index in [2.05, 4.69) is 69.4 Å². The molecule has 0 aromatic heterocycles. The van der Waals surface area contributed by atoms with Crippen molar-refractivity contribution < 1.29 is 28.6 Å². The van der Waals surface area contributed by atoms with Crippen molar-refractivity contribution in [2.45, 2.75) is 297 Å². The highest BCUT2D eigenvalue weighted by atomic mass is 16.6. The maximum absolute atomic E-state index is 12.8. The van der Waals surface area contributed by atoms with Gasteiger partial charge in [0.2, 0.25) is 0 Å². The van der Waals surface area contributed by atoms with Gasteiger partial charge in [0.25, 0.3) is 0 Å². The smallest absolute Gasteiger partial charge is 0.306 e. The molecule has 65 heavy (non-hydrogen) atoms. The van der Waals surface area contributed by atoms with E-state index in [-0.39, 0.29) is 31.1 Å². The van der Waals surface area contributed by atoms with Gasteiger partial charge in [0.05, 0.1) is 0 Å². The SMILES string of the molecule is CCCC/C=C\C=C/CCCCCC(=O)OCC(COC(=O)CCCCCCCCCCCCCCCCCCCCC)OC(=O)CCCCCCCCC/C=C\C/C=C\CCCCC. The Balaban J connectivity index is 4.33. The van der Waals surface area contributed by atoms with Crippen molar-refractivity contribution >= 4 is 17.9 Å². The first-order chi connectivity index (χ1) is 32.0. The standard InChI is InChI=1S/C59H106O6/c1-4-7-10-13-16-19-22-24-26-28-29-31-32-34-37-40-43-46-49-52-58(61)64-55-56(54-63-57(60)51-48-45-42-39-36-21-18-15-12-9-6-3)65-59(62)53-50-47-44-41-38-35-33-30-27-25-23-20-17-14-11-8-5-2/h15,17-18,20-21,25,27,36,56H,4-14,16,19,22-24,26,28-35,37-55H2,1-3H3/b18-15-,20-17-,27-25-,36-21-. The number of carbonyl (C=O) groups is 3. The van der Waals surface area contributed by atoms with Gasteiger partial charge in [-0.25, -0.2) is 0 Å². The Morgan fingerprint density at radius 3 is 1.03 bits per heavy atom. The van der Waals surface area contributed by atoms with E-state index in [9.17, 15) is 14.4 Å². The Labute approximate surface area is 403 Å². The molecule has 0 N–H and O–H groups in total. The van der Waals surface area contributed by atoms with Crippen molar-refractivity contribution in [2.75, 3.05) is 13.2 Å². The van der Waals surface area contributed by atoms with E-state index in [4.69, 9.17) is 14.2 Å². The zero-order chi connectivity index (χ0) is 47.2. The summed E-state index contributed by atoms with van der Waals surface area (Å²) < 4.78 is 16.8. The number of allylic oxidation sites excluding steroid dienone is 8. The van der Waals surface area contributed by atoms with Gasteiger partial charge in [0.15, 0.2) is 6.10 Å². The molecule has 0 saturated heterocycles. The summed E-state index contributed by atoms with van der Waals surface area (Å²) in [5, 5.41) is 0. The molecule has 6 nitrogen and oxygen atoms in total. The second-order valence-corrected chi connectivity index (χ2v) is 18.9. The summed E-state index contributed by atoms with van der Waals surface area (Å²) in [7, 11) is 0. The maximum atomic E-state index is 12.8. The average Bonchev–Trinajstić information content (AvgIpc) is 3.30. The van der Waals surface area contributed by atoms with Crippen molar-refractivity contribution in [2.24, 2.45) is 0 Å². The van der Waals surface area contributed by atoms with Crippen molar-refractivity contribution in [3.63, 3.8) is 0 Å². The number of rotatable bonds is 51. The minimum absolute atomic E-state index is 0.0822. The van der Waals surface area contributed by atoms with Crippen molar-refractivity contribution in [3.05, 3.63) is 48.6 Å². The van der Waals surface area contributed by atoms with Gasteiger partial charge >= 0.3 is 17.9 Å². The maximum Gasteiger partial charge on any atom is 0.306 e. The molecular weight excluding hydrogens is 805 g/mol. The van der Waals surface area contributed by atoms with Gasteiger partial charge < -0.3 is 14.2 Å². The molecule has 0 aliphatic rings. The van der Waals surface area contributed by atoms with Gasteiger partial charge in [-0.1, -0.05) is 249 Å². The Bertz CT molecular complexity index is 1140. The van der Waals surface area contributed by atoms with Crippen LogP contribution >= 0.6 is 0 Å². The summed E-state index contributed by atoms with van der Waals surface area (Å²) in [6, 6.07) is 0. The molecule has 0 aromatic rings. The van der Waals surface area contributed by atoms with Crippen LogP contribution in [0.1, 0.15) is 290 Å². The monoisotopic (exact) mass is 911 g/mol. The second-order valence-electron chi connectivity index (χ2n) is 18.9. The summed E-state index contributed by atoms with van der Waals surface area (Å²) in [6.07, 6.45) is 65.3. The zero-order valence-electron chi connectivity index (χ0n) is 43.3. The van der Waals surface area contributed by atoms with Crippen LogP contribution in [0.25, 0.3) is 0 Å². The van der Waals surface area contributed by atoms with Gasteiger partial charge in [-0.15, -0.1) is 0 Å². The molecule has 0 rings (SSSR count). The van der Waals surface area contributed by atoms with Gasteiger partial charge in [0, 0.05) is 19.3 Å². The average molecular weight is 911 g/mol. The lowest BCUT2D eigenvalue weighted by atomic mass is 10.0. The van der Waals surface area contributed by atoms with Gasteiger partial charge in [-0.05, 0) is 70.6 Å². The number of hydrogen-bond acceptors (Lipinski definition) is 6. The molecular formula is C59H106O6.